The predicted octanol–water partition coefficient (Wildman–Crippen LogP) is 2.69. The van der Waals surface area contributed by atoms with Crippen LogP contribution in [0.2, 0.25) is 0 Å². The van der Waals surface area contributed by atoms with Crippen molar-refractivity contribution in [3.63, 3.8) is 0 Å². The minimum absolute atomic E-state index is 0.307. The zero-order chi connectivity index (χ0) is 9.42. The normalized spacial score (nSPS) is 25.7. The van der Waals surface area contributed by atoms with E-state index in [2.05, 4.69) is 31.2 Å². The van der Waals surface area contributed by atoms with Crippen LogP contribution in [-0.4, -0.2) is 5.78 Å². The van der Waals surface area contributed by atoms with Crippen LogP contribution in [0.3, 0.4) is 0 Å². The molecule has 2 atom stereocenters. The summed E-state index contributed by atoms with van der Waals surface area (Å²) >= 11 is 0. The van der Waals surface area contributed by atoms with Gasteiger partial charge in [0.2, 0.25) is 0 Å². The lowest BCUT2D eigenvalue weighted by Gasteiger charge is -1.99. The van der Waals surface area contributed by atoms with Gasteiger partial charge in [-0.25, -0.2) is 0 Å². The first-order valence-corrected chi connectivity index (χ1v) is 4.75. The summed E-state index contributed by atoms with van der Waals surface area (Å²) in [5.74, 6) is 1.16. The van der Waals surface area contributed by atoms with Crippen LogP contribution in [0.4, 0.5) is 0 Å². The highest BCUT2D eigenvalue weighted by Gasteiger charge is 2.41. The molecule has 68 valence electrons. The Morgan fingerprint density at radius 1 is 1.46 bits per heavy atom. The SMILES string of the molecule is CC(=O)[C@H]1C[C@H]1c1cccc(C)c1. The Balaban J connectivity index is 2.16. The number of benzene rings is 1. The molecule has 0 saturated heterocycles. The molecular formula is C12H14O. The van der Waals surface area contributed by atoms with Crippen molar-refractivity contribution in [3.8, 4) is 0 Å². The Kier molecular flexibility index (Phi) is 1.95. The number of rotatable bonds is 2. The van der Waals surface area contributed by atoms with Gasteiger partial charge in [0.25, 0.3) is 0 Å². The van der Waals surface area contributed by atoms with Crippen molar-refractivity contribution in [2.24, 2.45) is 5.92 Å². The molecule has 0 aliphatic heterocycles. The summed E-state index contributed by atoms with van der Waals surface area (Å²) in [4.78, 5) is 11.1. The third-order valence-corrected chi connectivity index (χ3v) is 2.78. The molecule has 1 aromatic rings. The molecule has 1 saturated carbocycles. The maximum Gasteiger partial charge on any atom is 0.133 e. The molecule has 0 spiro atoms. The summed E-state index contributed by atoms with van der Waals surface area (Å²) in [7, 11) is 0. The van der Waals surface area contributed by atoms with E-state index in [9.17, 15) is 4.79 Å². The Labute approximate surface area is 78.8 Å². The molecule has 0 unspecified atom stereocenters. The first-order valence-electron chi connectivity index (χ1n) is 4.75. The van der Waals surface area contributed by atoms with Crippen LogP contribution in [0.15, 0.2) is 24.3 Å². The van der Waals surface area contributed by atoms with Gasteiger partial charge in [0.05, 0.1) is 0 Å². The molecule has 1 aromatic carbocycles. The van der Waals surface area contributed by atoms with E-state index in [4.69, 9.17) is 0 Å². The summed E-state index contributed by atoms with van der Waals surface area (Å²) in [6.45, 7) is 3.79. The average Bonchev–Trinajstić information content (AvgIpc) is 2.82. The molecule has 1 aliphatic carbocycles. The maximum atomic E-state index is 11.1. The highest BCUT2D eigenvalue weighted by Crippen LogP contribution is 2.47. The van der Waals surface area contributed by atoms with Crippen LogP contribution in [0.1, 0.15) is 30.4 Å². The van der Waals surface area contributed by atoms with Crippen LogP contribution in [-0.2, 0) is 4.79 Å². The third kappa shape index (κ3) is 1.64. The van der Waals surface area contributed by atoms with Crippen molar-refractivity contribution in [2.45, 2.75) is 26.2 Å². The van der Waals surface area contributed by atoms with E-state index in [1.807, 2.05) is 0 Å². The minimum atomic E-state index is 0.307. The Bertz CT molecular complexity index is 341. The number of hydrogen-bond donors (Lipinski definition) is 0. The lowest BCUT2D eigenvalue weighted by atomic mass is 10.1. The van der Waals surface area contributed by atoms with Crippen LogP contribution in [0, 0.1) is 12.8 Å². The largest absolute Gasteiger partial charge is 0.300 e. The van der Waals surface area contributed by atoms with Gasteiger partial charge in [0.1, 0.15) is 5.78 Å². The summed E-state index contributed by atoms with van der Waals surface area (Å²) in [6, 6.07) is 8.48. The topological polar surface area (TPSA) is 17.1 Å². The van der Waals surface area contributed by atoms with E-state index in [-0.39, 0.29) is 0 Å². The van der Waals surface area contributed by atoms with Crippen molar-refractivity contribution in [2.75, 3.05) is 0 Å². The lowest BCUT2D eigenvalue weighted by molar-refractivity contribution is -0.118. The second-order valence-corrected chi connectivity index (χ2v) is 3.97. The number of Topliss-reactive ketones (excluding diaryl/α,β-unsaturated/α-hetero) is 1. The van der Waals surface area contributed by atoms with Gasteiger partial charge in [-0.3, -0.25) is 4.79 Å². The highest BCUT2D eigenvalue weighted by molar-refractivity contribution is 5.82. The molecule has 0 amide bonds. The van der Waals surface area contributed by atoms with Crippen LogP contribution in [0.5, 0.6) is 0 Å². The molecule has 0 heterocycles. The number of aryl methyl sites for hydroxylation is 1. The Hall–Kier alpha value is -1.11. The van der Waals surface area contributed by atoms with Gasteiger partial charge in [-0.15, -0.1) is 0 Å². The van der Waals surface area contributed by atoms with Crippen molar-refractivity contribution >= 4 is 5.78 Å². The van der Waals surface area contributed by atoms with Gasteiger partial charge in [-0.2, -0.15) is 0 Å². The van der Waals surface area contributed by atoms with E-state index in [1.54, 1.807) is 6.92 Å². The van der Waals surface area contributed by atoms with Crippen LogP contribution in [0.25, 0.3) is 0 Å². The smallest absolute Gasteiger partial charge is 0.133 e. The van der Waals surface area contributed by atoms with Crippen LogP contribution >= 0.6 is 0 Å². The molecule has 1 nitrogen and oxygen atoms in total. The van der Waals surface area contributed by atoms with Crippen molar-refractivity contribution < 1.29 is 4.79 Å². The zero-order valence-corrected chi connectivity index (χ0v) is 8.08. The molecule has 1 fully saturated rings. The van der Waals surface area contributed by atoms with Gasteiger partial charge >= 0.3 is 0 Å². The average molecular weight is 174 g/mol. The summed E-state index contributed by atoms with van der Waals surface area (Å²) in [5, 5.41) is 0. The first-order chi connectivity index (χ1) is 6.18. The molecular weight excluding hydrogens is 160 g/mol. The Morgan fingerprint density at radius 3 is 2.77 bits per heavy atom. The summed E-state index contributed by atoms with van der Waals surface area (Å²) in [6.07, 6.45) is 1.05. The molecule has 1 heteroatoms. The van der Waals surface area contributed by atoms with E-state index in [0.717, 1.165) is 6.42 Å². The van der Waals surface area contributed by atoms with E-state index in [0.29, 0.717) is 17.6 Å². The highest BCUT2D eigenvalue weighted by atomic mass is 16.1. The second kappa shape index (κ2) is 2.99. The fourth-order valence-corrected chi connectivity index (χ4v) is 1.91. The van der Waals surface area contributed by atoms with Crippen molar-refractivity contribution in [1.82, 2.24) is 0 Å². The predicted molar refractivity (Wildman–Crippen MR) is 52.7 cm³/mol. The molecule has 0 aromatic heterocycles. The van der Waals surface area contributed by atoms with Crippen molar-refractivity contribution in [3.05, 3.63) is 35.4 Å². The van der Waals surface area contributed by atoms with Gasteiger partial charge in [-0.1, -0.05) is 29.8 Å². The molecule has 13 heavy (non-hydrogen) atoms. The van der Waals surface area contributed by atoms with E-state index in [1.165, 1.54) is 11.1 Å². The maximum absolute atomic E-state index is 11.1. The minimum Gasteiger partial charge on any atom is -0.300 e. The zero-order valence-electron chi connectivity index (χ0n) is 8.08. The van der Waals surface area contributed by atoms with Gasteiger partial charge in [0.15, 0.2) is 0 Å². The molecule has 2 rings (SSSR count). The lowest BCUT2D eigenvalue weighted by Crippen LogP contribution is -1.94. The van der Waals surface area contributed by atoms with Gasteiger partial charge in [0, 0.05) is 5.92 Å². The monoisotopic (exact) mass is 174 g/mol. The van der Waals surface area contributed by atoms with Crippen molar-refractivity contribution in [1.29, 1.82) is 0 Å². The third-order valence-electron chi connectivity index (χ3n) is 2.78. The van der Waals surface area contributed by atoms with Gasteiger partial charge < -0.3 is 0 Å². The van der Waals surface area contributed by atoms with E-state index < -0.39 is 0 Å². The summed E-state index contributed by atoms with van der Waals surface area (Å²) < 4.78 is 0. The second-order valence-electron chi connectivity index (χ2n) is 3.97. The standard InChI is InChI=1S/C12H14O/c1-8-4-3-5-10(6-8)12-7-11(12)9(2)13/h3-6,11-12H,7H2,1-2H3/t11-,12+/m1/s1. The molecule has 1 aliphatic rings. The molecule has 0 N–H and O–H groups in total. The van der Waals surface area contributed by atoms with Gasteiger partial charge in [-0.05, 0) is 31.7 Å². The Morgan fingerprint density at radius 2 is 2.23 bits per heavy atom. The summed E-state index contributed by atoms with van der Waals surface area (Å²) in [5.41, 5.74) is 2.62. The quantitative estimate of drug-likeness (QED) is 0.673. The number of carbonyl (C=O) groups is 1. The first kappa shape index (κ1) is 8.49. The number of carbonyl (C=O) groups excluding carboxylic acids is 1. The molecule has 0 radical (unpaired) electrons. The van der Waals surface area contributed by atoms with E-state index >= 15 is 0 Å². The fraction of sp³-hybridized carbons (Fsp3) is 0.417. The molecule has 0 bridgehead atoms. The fourth-order valence-electron chi connectivity index (χ4n) is 1.91. The number of ketones is 1. The van der Waals surface area contributed by atoms with Crippen LogP contribution < -0.4 is 0 Å². The number of hydrogen-bond acceptors (Lipinski definition) is 1.